The molecule has 4 heterocycles. The first-order valence-electron chi connectivity index (χ1n) is 17.6. The zero-order valence-electron chi connectivity index (χ0n) is 28.9. The quantitative estimate of drug-likeness (QED) is 0.235. The number of rotatable bonds is 9. The second kappa shape index (κ2) is 16.7. The summed E-state index contributed by atoms with van der Waals surface area (Å²) in [4.78, 5) is 37.0. The van der Waals surface area contributed by atoms with Crippen LogP contribution in [-0.4, -0.2) is 80.3 Å². The molecule has 13 heteroatoms. The molecule has 0 unspecified atom stereocenters. The Balaban J connectivity index is 0.000000187. The summed E-state index contributed by atoms with van der Waals surface area (Å²) < 4.78 is 43.9. The van der Waals surface area contributed by atoms with E-state index in [9.17, 15) is 22.8 Å². The van der Waals surface area contributed by atoms with Crippen LogP contribution in [0.1, 0.15) is 36.8 Å². The number of likely N-dealkylation sites (tertiary alicyclic amines) is 2. The van der Waals surface area contributed by atoms with Crippen LogP contribution in [0, 0.1) is 24.4 Å². The maximum absolute atomic E-state index is 13.7. The van der Waals surface area contributed by atoms with E-state index in [1.165, 1.54) is 36.7 Å². The Morgan fingerprint density at radius 3 is 1.73 bits per heavy atom. The highest BCUT2D eigenvalue weighted by Crippen LogP contribution is 2.16. The van der Waals surface area contributed by atoms with Gasteiger partial charge in [0, 0.05) is 44.8 Å². The fourth-order valence-electron chi connectivity index (χ4n) is 6.76. The van der Waals surface area contributed by atoms with Gasteiger partial charge in [0.15, 0.2) is 0 Å². The van der Waals surface area contributed by atoms with Crippen LogP contribution in [-0.2, 0) is 19.6 Å². The first kappa shape index (κ1) is 36.4. The Labute approximate surface area is 294 Å². The Morgan fingerprint density at radius 2 is 1.22 bits per heavy atom. The predicted octanol–water partition coefficient (Wildman–Crippen LogP) is 4.20. The van der Waals surface area contributed by atoms with Crippen molar-refractivity contribution in [1.82, 2.24) is 34.2 Å². The number of hydrogen-bond donors (Lipinski definition) is 2. The van der Waals surface area contributed by atoms with Crippen molar-refractivity contribution in [1.29, 1.82) is 0 Å². The molecule has 0 spiro atoms. The molecular weight excluding hydrogens is 657 g/mol. The highest BCUT2D eigenvalue weighted by Gasteiger charge is 2.20. The first-order valence-corrected chi connectivity index (χ1v) is 17.6. The molecule has 7 rings (SSSR count). The topological polar surface area (TPSA) is 114 Å². The van der Waals surface area contributed by atoms with Crippen LogP contribution in [0.2, 0.25) is 0 Å². The van der Waals surface area contributed by atoms with E-state index in [0.29, 0.717) is 59.3 Å². The lowest BCUT2D eigenvalue weighted by Gasteiger charge is -2.32. The van der Waals surface area contributed by atoms with Gasteiger partial charge in [0.1, 0.15) is 17.5 Å². The van der Waals surface area contributed by atoms with Crippen LogP contribution in [0.15, 0.2) is 76.6 Å². The third-order valence-corrected chi connectivity index (χ3v) is 9.95. The third-order valence-electron chi connectivity index (χ3n) is 9.95. The largest absolute Gasteiger partial charge is 0.328 e. The number of nitrogens with zero attached hydrogens (tertiary/aromatic N) is 6. The number of hydrogen-bond acceptors (Lipinski definition) is 8. The van der Waals surface area contributed by atoms with E-state index in [2.05, 4.69) is 25.1 Å². The van der Waals surface area contributed by atoms with Gasteiger partial charge in [-0.25, -0.2) is 23.1 Å². The van der Waals surface area contributed by atoms with Gasteiger partial charge in [-0.2, -0.15) is 0 Å². The third kappa shape index (κ3) is 9.47. The first-order chi connectivity index (χ1) is 24.6. The Kier molecular flexibility index (Phi) is 11.9. The molecule has 2 aliphatic rings. The molecule has 270 valence electrons. The minimum Gasteiger partial charge on any atom is -0.328 e. The second-order valence-electron chi connectivity index (χ2n) is 13.5. The van der Waals surface area contributed by atoms with Crippen LogP contribution in [0.4, 0.5) is 13.2 Å². The summed E-state index contributed by atoms with van der Waals surface area (Å²) >= 11 is 0. The Hall–Kier alpha value is -4.43. The number of fused-ring (bicyclic) bond motifs is 2. The van der Waals surface area contributed by atoms with Crippen LogP contribution < -0.4 is 22.2 Å². The highest BCUT2D eigenvalue weighted by molar-refractivity contribution is 5.75. The SMILES string of the molecule is Cc1ccc(CNC2CCN(CCn3c(=O)cnc4ccc(F)cc43)CC2)cc1F.NC1CCN(CCn2c(=O)cnc3ccc(F)cc32)CC1. The van der Waals surface area contributed by atoms with Crippen molar-refractivity contribution < 1.29 is 13.2 Å². The molecule has 0 saturated carbocycles. The number of nitrogens with one attached hydrogen (secondary N) is 1. The fourth-order valence-corrected chi connectivity index (χ4v) is 6.76. The fraction of sp³-hybridized carbons (Fsp3) is 0.421. The van der Waals surface area contributed by atoms with Crippen molar-refractivity contribution >= 4 is 22.1 Å². The van der Waals surface area contributed by atoms with Crippen LogP contribution in [0.25, 0.3) is 22.1 Å². The van der Waals surface area contributed by atoms with E-state index < -0.39 is 0 Å². The van der Waals surface area contributed by atoms with Gasteiger partial charge >= 0.3 is 0 Å². The molecule has 0 aliphatic carbocycles. The summed E-state index contributed by atoms with van der Waals surface area (Å²) in [5.74, 6) is -0.889. The van der Waals surface area contributed by atoms with Crippen molar-refractivity contribution in [3.8, 4) is 0 Å². The molecule has 0 radical (unpaired) electrons. The van der Waals surface area contributed by atoms with E-state index in [-0.39, 0.29) is 28.6 Å². The lowest BCUT2D eigenvalue weighted by molar-refractivity contribution is 0.191. The number of nitrogens with two attached hydrogens (primary N) is 1. The summed E-state index contributed by atoms with van der Waals surface area (Å²) in [5, 5.41) is 3.52. The molecule has 2 aliphatic heterocycles. The molecule has 51 heavy (non-hydrogen) atoms. The normalized spacial score (nSPS) is 16.4. The van der Waals surface area contributed by atoms with Crippen molar-refractivity contribution in [3.63, 3.8) is 0 Å². The maximum Gasteiger partial charge on any atom is 0.269 e. The second-order valence-corrected chi connectivity index (χ2v) is 13.5. The van der Waals surface area contributed by atoms with E-state index in [0.717, 1.165) is 70.5 Å². The number of piperidine rings is 2. The summed E-state index contributed by atoms with van der Waals surface area (Å²) in [6.07, 6.45) is 6.56. The van der Waals surface area contributed by atoms with Crippen molar-refractivity contribution in [2.45, 2.75) is 64.3 Å². The van der Waals surface area contributed by atoms with E-state index in [4.69, 9.17) is 5.73 Å². The highest BCUT2D eigenvalue weighted by atomic mass is 19.1. The average molecular weight is 703 g/mol. The molecule has 0 amide bonds. The lowest BCUT2D eigenvalue weighted by Crippen LogP contribution is -2.43. The van der Waals surface area contributed by atoms with Gasteiger partial charge in [-0.15, -0.1) is 0 Å². The van der Waals surface area contributed by atoms with Crippen molar-refractivity contribution in [3.05, 3.63) is 116 Å². The van der Waals surface area contributed by atoms with Gasteiger partial charge in [0.05, 0.1) is 34.5 Å². The van der Waals surface area contributed by atoms with Crippen molar-refractivity contribution in [2.75, 3.05) is 39.3 Å². The molecule has 2 aromatic heterocycles. The Morgan fingerprint density at radius 1 is 0.706 bits per heavy atom. The molecule has 5 aromatic rings. The average Bonchev–Trinajstić information content (AvgIpc) is 3.13. The van der Waals surface area contributed by atoms with Crippen LogP contribution >= 0.6 is 0 Å². The summed E-state index contributed by atoms with van der Waals surface area (Å²) in [5.41, 5.74) is 9.44. The van der Waals surface area contributed by atoms with Gasteiger partial charge < -0.3 is 30.0 Å². The summed E-state index contributed by atoms with van der Waals surface area (Å²) in [6, 6.07) is 14.7. The van der Waals surface area contributed by atoms with Gasteiger partial charge in [0.2, 0.25) is 0 Å². The van der Waals surface area contributed by atoms with E-state index in [1.54, 1.807) is 34.3 Å². The molecule has 3 aromatic carbocycles. The summed E-state index contributed by atoms with van der Waals surface area (Å²) in [6.45, 7) is 8.71. The molecule has 2 fully saturated rings. The molecule has 2 saturated heterocycles. The van der Waals surface area contributed by atoms with Crippen molar-refractivity contribution in [2.24, 2.45) is 5.73 Å². The van der Waals surface area contributed by atoms with Crippen LogP contribution in [0.3, 0.4) is 0 Å². The smallest absolute Gasteiger partial charge is 0.269 e. The minimum atomic E-state index is -0.371. The van der Waals surface area contributed by atoms with Gasteiger partial charge in [-0.3, -0.25) is 9.59 Å². The zero-order valence-corrected chi connectivity index (χ0v) is 28.9. The number of aryl methyl sites for hydroxylation is 1. The van der Waals surface area contributed by atoms with Crippen LogP contribution in [0.5, 0.6) is 0 Å². The minimum absolute atomic E-state index is 0.164. The molecule has 0 bridgehead atoms. The molecule has 3 N–H and O–H groups in total. The maximum atomic E-state index is 13.7. The predicted molar refractivity (Wildman–Crippen MR) is 193 cm³/mol. The van der Waals surface area contributed by atoms with Gasteiger partial charge in [0.25, 0.3) is 11.1 Å². The van der Waals surface area contributed by atoms with E-state index >= 15 is 0 Å². The molecule has 0 atom stereocenters. The summed E-state index contributed by atoms with van der Waals surface area (Å²) in [7, 11) is 0. The van der Waals surface area contributed by atoms with Gasteiger partial charge in [-0.05, 0) is 112 Å². The number of benzene rings is 3. The molecular formula is C38H45F3N8O2. The number of halogens is 3. The van der Waals surface area contributed by atoms with Gasteiger partial charge in [-0.1, -0.05) is 12.1 Å². The zero-order chi connectivity index (χ0) is 35.9. The monoisotopic (exact) mass is 702 g/mol. The molecule has 10 nitrogen and oxygen atoms in total. The van der Waals surface area contributed by atoms with E-state index in [1.807, 2.05) is 12.1 Å². The number of aromatic nitrogens is 4. The lowest BCUT2D eigenvalue weighted by atomic mass is 10.0. The Bertz CT molecular complexity index is 2070. The standard InChI is InChI=1S/C23H26F2N4O.C15H19FN4O/c1-16-2-3-17(12-20(16)25)14-26-19-6-8-28(9-7-19)10-11-29-22-13-18(24)4-5-21(22)27-15-23(29)30;16-11-1-2-13-14(9-11)20(15(21)10-18-13)8-7-19-5-3-12(17)4-6-19/h2-5,12-13,15,19,26H,6-11,14H2,1H3;1-2,9-10,12H,3-8,17H2.